The maximum Gasteiger partial charge on any atom is 0.0247 e. The molecule has 0 aromatic rings. The Kier molecular flexibility index (Phi) is 5.46. The molecule has 0 aromatic heterocycles. The minimum atomic E-state index is 0.615. The van der Waals surface area contributed by atoms with Crippen LogP contribution in [0.15, 0.2) is 0 Å². The van der Waals surface area contributed by atoms with Crippen LogP contribution in [0.2, 0.25) is 0 Å². The molecule has 2 unspecified atom stereocenters. The van der Waals surface area contributed by atoms with Crippen molar-refractivity contribution in [3.8, 4) is 0 Å². The maximum absolute atomic E-state index is 6.07. The average molecular weight is 253 g/mol. The molecule has 0 spiro atoms. The predicted molar refractivity (Wildman–Crippen MR) is 77.7 cm³/mol. The largest absolute Gasteiger partial charge is 0.329 e. The highest BCUT2D eigenvalue weighted by molar-refractivity contribution is 4.90. The summed E-state index contributed by atoms with van der Waals surface area (Å²) in [6.45, 7) is 10.5. The van der Waals surface area contributed by atoms with E-state index in [0.717, 1.165) is 18.5 Å². The van der Waals surface area contributed by atoms with Gasteiger partial charge in [0.1, 0.15) is 0 Å². The molecule has 3 nitrogen and oxygen atoms in total. The van der Waals surface area contributed by atoms with Gasteiger partial charge in [-0.3, -0.25) is 9.80 Å². The molecule has 2 saturated heterocycles. The molecule has 0 bridgehead atoms. The van der Waals surface area contributed by atoms with Crippen LogP contribution in [-0.2, 0) is 0 Å². The van der Waals surface area contributed by atoms with Crippen molar-refractivity contribution in [1.29, 1.82) is 0 Å². The Morgan fingerprint density at radius 1 is 1.11 bits per heavy atom. The topological polar surface area (TPSA) is 32.5 Å². The van der Waals surface area contributed by atoms with E-state index >= 15 is 0 Å². The third-order valence-corrected chi connectivity index (χ3v) is 5.17. The SMILES string of the molecule is CCC(CC)C(CN)N1CCN2CCCCC2C1. The van der Waals surface area contributed by atoms with Crippen LogP contribution in [0.1, 0.15) is 46.0 Å². The van der Waals surface area contributed by atoms with Gasteiger partial charge in [0, 0.05) is 38.3 Å². The number of piperidine rings is 1. The smallest absolute Gasteiger partial charge is 0.0247 e. The van der Waals surface area contributed by atoms with Gasteiger partial charge in [0.25, 0.3) is 0 Å². The van der Waals surface area contributed by atoms with E-state index in [1.54, 1.807) is 0 Å². The molecule has 2 aliphatic rings. The first kappa shape index (κ1) is 14.3. The quantitative estimate of drug-likeness (QED) is 0.812. The summed E-state index contributed by atoms with van der Waals surface area (Å²) in [4.78, 5) is 5.41. The number of rotatable bonds is 5. The van der Waals surface area contributed by atoms with Gasteiger partial charge in [0.05, 0.1) is 0 Å². The Morgan fingerprint density at radius 3 is 2.56 bits per heavy atom. The van der Waals surface area contributed by atoms with Gasteiger partial charge in [-0.25, -0.2) is 0 Å². The summed E-state index contributed by atoms with van der Waals surface area (Å²) in [5.41, 5.74) is 6.07. The van der Waals surface area contributed by atoms with Crippen LogP contribution in [0, 0.1) is 5.92 Å². The fourth-order valence-electron chi connectivity index (χ4n) is 3.95. The van der Waals surface area contributed by atoms with Gasteiger partial charge >= 0.3 is 0 Å². The second-order valence-electron chi connectivity index (χ2n) is 6.06. The van der Waals surface area contributed by atoms with Crippen molar-refractivity contribution >= 4 is 0 Å². The monoisotopic (exact) mass is 253 g/mol. The third kappa shape index (κ3) is 3.06. The van der Waals surface area contributed by atoms with E-state index in [2.05, 4.69) is 23.6 Å². The van der Waals surface area contributed by atoms with Crippen molar-refractivity contribution in [2.45, 2.75) is 58.0 Å². The van der Waals surface area contributed by atoms with E-state index in [-0.39, 0.29) is 0 Å². The lowest BCUT2D eigenvalue weighted by atomic mass is 9.90. The van der Waals surface area contributed by atoms with E-state index in [4.69, 9.17) is 5.73 Å². The minimum absolute atomic E-state index is 0.615. The average Bonchev–Trinajstić information content (AvgIpc) is 2.44. The highest BCUT2D eigenvalue weighted by Gasteiger charge is 2.33. The first-order valence-corrected chi connectivity index (χ1v) is 7.98. The number of piperazine rings is 1. The zero-order valence-electron chi connectivity index (χ0n) is 12.3. The zero-order valence-corrected chi connectivity index (χ0v) is 12.3. The van der Waals surface area contributed by atoms with Crippen LogP contribution in [0.4, 0.5) is 0 Å². The van der Waals surface area contributed by atoms with Crippen molar-refractivity contribution in [1.82, 2.24) is 9.80 Å². The zero-order chi connectivity index (χ0) is 13.0. The Bertz CT molecular complexity index is 240. The number of fused-ring (bicyclic) bond motifs is 1. The summed E-state index contributed by atoms with van der Waals surface area (Å²) in [5.74, 6) is 0.783. The van der Waals surface area contributed by atoms with Crippen molar-refractivity contribution in [3.05, 3.63) is 0 Å². The Morgan fingerprint density at radius 2 is 1.89 bits per heavy atom. The van der Waals surface area contributed by atoms with Crippen LogP contribution >= 0.6 is 0 Å². The summed E-state index contributed by atoms with van der Waals surface area (Å²) in [7, 11) is 0. The van der Waals surface area contributed by atoms with Gasteiger partial charge in [0.2, 0.25) is 0 Å². The third-order valence-electron chi connectivity index (χ3n) is 5.17. The summed E-state index contributed by atoms with van der Waals surface area (Å²) in [6.07, 6.45) is 6.76. The standard InChI is InChI=1S/C15H31N3/c1-3-13(4-2)15(11-16)18-10-9-17-8-6-5-7-14(17)12-18/h13-15H,3-12,16H2,1-2H3. The van der Waals surface area contributed by atoms with E-state index in [1.165, 1.54) is 58.3 Å². The summed E-state index contributed by atoms with van der Waals surface area (Å²) in [5, 5.41) is 0. The molecule has 0 amide bonds. The van der Waals surface area contributed by atoms with Crippen LogP contribution in [0.25, 0.3) is 0 Å². The molecule has 3 heteroatoms. The predicted octanol–water partition coefficient (Wildman–Crippen LogP) is 1.92. The molecule has 0 aliphatic carbocycles. The van der Waals surface area contributed by atoms with Crippen LogP contribution in [0.5, 0.6) is 0 Å². The lowest BCUT2D eigenvalue weighted by molar-refractivity contribution is 0.0135. The first-order chi connectivity index (χ1) is 8.80. The molecule has 0 radical (unpaired) electrons. The van der Waals surface area contributed by atoms with Crippen molar-refractivity contribution in [2.24, 2.45) is 11.7 Å². The fraction of sp³-hybridized carbons (Fsp3) is 1.00. The van der Waals surface area contributed by atoms with Gasteiger partial charge in [-0.05, 0) is 25.3 Å². The Balaban J connectivity index is 1.95. The molecule has 2 atom stereocenters. The van der Waals surface area contributed by atoms with E-state index in [1.807, 2.05) is 0 Å². The first-order valence-electron chi connectivity index (χ1n) is 7.98. The summed E-state index contributed by atoms with van der Waals surface area (Å²) >= 11 is 0. The summed E-state index contributed by atoms with van der Waals surface area (Å²) in [6, 6.07) is 1.43. The molecule has 2 fully saturated rings. The second-order valence-corrected chi connectivity index (χ2v) is 6.06. The Labute approximate surface area is 113 Å². The van der Waals surface area contributed by atoms with Gasteiger partial charge < -0.3 is 5.73 Å². The second kappa shape index (κ2) is 6.88. The molecule has 0 aromatic carbocycles. The molecule has 2 N–H and O–H groups in total. The lowest BCUT2D eigenvalue weighted by Crippen LogP contribution is -2.59. The highest BCUT2D eigenvalue weighted by atomic mass is 15.3. The minimum Gasteiger partial charge on any atom is -0.329 e. The molecule has 2 rings (SSSR count). The lowest BCUT2D eigenvalue weighted by Gasteiger charge is -2.47. The summed E-state index contributed by atoms with van der Waals surface area (Å²) < 4.78 is 0. The van der Waals surface area contributed by atoms with E-state index in [0.29, 0.717) is 6.04 Å². The molecule has 2 heterocycles. The molecule has 18 heavy (non-hydrogen) atoms. The van der Waals surface area contributed by atoms with Gasteiger partial charge in [-0.1, -0.05) is 33.1 Å². The van der Waals surface area contributed by atoms with Gasteiger partial charge in [0.15, 0.2) is 0 Å². The van der Waals surface area contributed by atoms with Crippen molar-refractivity contribution in [2.75, 3.05) is 32.7 Å². The van der Waals surface area contributed by atoms with Gasteiger partial charge in [-0.2, -0.15) is 0 Å². The molecule has 0 saturated carbocycles. The van der Waals surface area contributed by atoms with Gasteiger partial charge in [-0.15, -0.1) is 0 Å². The molecular formula is C15H31N3. The number of nitrogens with two attached hydrogens (primary N) is 1. The van der Waals surface area contributed by atoms with E-state index in [9.17, 15) is 0 Å². The molecule has 2 aliphatic heterocycles. The number of hydrogen-bond donors (Lipinski definition) is 1. The number of hydrogen-bond acceptors (Lipinski definition) is 3. The number of nitrogens with zero attached hydrogens (tertiary/aromatic N) is 2. The fourth-order valence-corrected chi connectivity index (χ4v) is 3.95. The maximum atomic E-state index is 6.07. The van der Waals surface area contributed by atoms with Crippen LogP contribution < -0.4 is 5.73 Å². The van der Waals surface area contributed by atoms with Crippen molar-refractivity contribution in [3.63, 3.8) is 0 Å². The Hall–Kier alpha value is -0.120. The molecule has 106 valence electrons. The molecular weight excluding hydrogens is 222 g/mol. The van der Waals surface area contributed by atoms with E-state index < -0.39 is 0 Å². The van der Waals surface area contributed by atoms with Crippen LogP contribution in [0.3, 0.4) is 0 Å². The van der Waals surface area contributed by atoms with Crippen LogP contribution in [-0.4, -0.2) is 54.6 Å². The normalized spacial score (nSPS) is 28.3. The highest BCUT2D eigenvalue weighted by Crippen LogP contribution is 2.25. The van der Waals surface area contributed by atoms with Crippen molar-refractivity contribution < 1.29 is 0 Å².